The molecule has 2 aromatic rings. The van der Waals surface area contributed by atoms with Crippen LogP contribution in [0.25, 0.3) is 0 Å². The van der Waals surface area contributed by atoms with Crippen molar-refractivity contribution in [3.63, 3.8) is 0 Å². The monoisotopic (exact) mass is 462 g/mol. The Hall–Kier alpha value is -1.72. The number of hydrogen-bond donors (Lipinski definition) is 1. The third-order valence-electron chi connectivity index (χ3n) is 4.13. The number of amides is 1. The predicted molar refractivity (Wildman–Crippen MR) is 107 cm³/mol. The van der Waals surface area contributed by atoms with Gasteiger partial charge in [-0.05, 0) is 30.3 Å². The second-order valence-electron chi connectivity index (χ2n) is 5.99. The zero-order valence-electron chi connectivity index (χ0n) is 15.0. The van der Waals surface area contributed by atoms with Crippen molar-refractivity contribution >= 4 is 45.0 Å². The van der Waals surface area contributed by atoms with E-state index in [4.69, 9.17) is 16.3 Å². The number of thioether (sulfide) groups is 1. The average Bonchev–Trinajstić information content (AvgIpc) is 2.70. The Bertz CT molecular complexity index is 999. The Labute approximate surface area is 176 Å². The molecule has 1 amide bonds. The Morgan fingerprint density at radius 2 is 1.86 bits per heavy atom. The largest absolute Gasteiger partial charge is 0.379 e. The molecule has 0 unspecified atom stereocenters. The van der Waals surface area contributed by atoms with Gasteiger partial charge in [0.1, 0.15) is 4.90 Å². The number of ether oxygens (including phenoxy) is 1. The summed E-state index contributed by atoms with van der Waals surface area (Å²) in [4.78, 5) is 12.6. The lowest BCUT2D eigenvalue weighted by Gasteiger charge is -2.26. The van der Waals surface area contributed by atoms with Crippen LogP contribution in [-0.4, -0.2) is 50.7 Å². The smallest absolute Gasteiger partial charge is 0.288 e. The highest BCUT2D eigenvalue weighted by Crippen LogP contribution is 2.32. The molecule has 1 heterocycles. The van der Waals surface area contributed by atoms with Gasteiger partial charge in [-0.1, -0.05) is 35.5 Å². The van der Waals surface area contributed by atoms with E-state index in [9.17, 15) is 22.0 Å². The molecule has 0 radical (unpaired) electrons. The van der Waals surface area contributed by atoms with Crippen molar-refractivity contribution in [2.24, 2.45) is 0 Å². The number of para-hydroxylation sites is 1. The first-order valence-electron chi connectivity index (χ1n) is 8.51. The summed E-state index contributed by atoms with van der Waals surface area (Å²) in [6.45, 7) is 0.922. The van der Waals surface area contributed by atoms with E-state index in [1.54, 1.807) is 12.1 Å². The van der Waals surface area contributed by atoms with Gasteiger partial charge in [0.2, 0.25) is 10.0 Å². The van der Waals surface area contributed by atoms with E-state index in [2.05, 4.69) is 5.32 Å². The third kappa shape index (κ3) is 5.26. The van der Waals surface area contributed by atoms with Gasteiger partial charge in [0.05, 0.1) is 23.9 Å². The number of hydrogen-bond acceptors (Lipinski definition) is 5. The number of sulfonamides is 1. The molecule has 1 aliphatic heterocycles. The lowest BCUT2D eigenvalue weighted by Crippen LogP contribution is -2.40. The molecular weight excluding hydrogens is 446 g/mol. The van der Waals surface area contributed by atoms with Crippen molar-refractivity contribution < 1.29 is 26.7 Å². The molecule has 2 aromatic carbocycles. The minimum Gasteiger partial charge on any atom is -0.379 e. The molecule has 156 valence electrons. The lowest BCUT2D eigenvalue weighted by molar-refractivity contribution is 0.0730. The zero-order valence-corrected chi connectivity index (χ0v) is 17.4. The molecule has 1 fully saturated rings. The number of carbonyl (C=O) groups excluding carboxylic acids is 1. The maximum Gasteiger partial charge on any atom is 0.288 e. The number of alkyl halides is 2. The van der Waals surface area contributed by atoms with Crippen molar-refractivity contribution in [2.45, 2.75) is 15.5 Å². The minimum absolute atomic E-state index is 0.0123. The summed E-state index contributed by atoms with van der Waals surface area (Å²) in [6, 6.07) is 10.0. The van der Waals surface area contributed by atoms with Gasteiger partial charge in [-0.25, -0.2) is 8.42 Å². The molecular formula is C18H17ClF2N2O4S2. The number of nitrogens with one attached hydrogen (secondary N) is 1. The Kier molecular flexibility index (Phi) is 7.12. The van der Waals surface area contributed by atoms with Gasteiger partial charge in [0, 0.05) is 23.5 Å². The predicted octanol–water partition coefficient (Wildman–Crippen LogP) is 3.93. The zero-order chi connectivity index (χ0) is 21.0. The fraction of sp³-hybridized carbons (Fsp3) is 0.278. The summed E-state index contributed by atoms with van der Waals surface area (Å²) < 4.78 is 57.6. The molecule has 3 rings (SSSR count). The van der Waals surface area contributed by atoms with Crippen LogP contribution in [0, 0.1) is 0 Å². The molecule has 1 saturated heterocycles. The average molecular weight is 463 g/mol. The van der Waals surface area contributed by atoms with E-state index in [-0.39, 0.29) is 52.4 Å². The standard InChI is InChI=1S/C18H17ClF2N2O4S2/c19-13-6-5-12(11-16(13)29(25,26)23-7-9-27-10-8-23)17(24)22-14-3-1-2-4-15(14)28-18(20)21/h1-6,11,18H,7-10H2,(H,22,24). The maximum atomic E-state index is 12.9. The molecule has 29 heavy (non-hydrogen) atoms. The van der Waals surface area contributed by atoms with Crippen LogP contribution in [0.15, 0.2) is 52.3 Å². The van der Waals surface area contributed by atoms with Gasteiger partial charge < -0.3 is 10.1 Å². The molecule has 0 bridgehead atoms. The SMILES string of the molecule is O=C(Nc1ccccc1SC(F)F)c1ccc(Cl)c(S(=O)(=O)N2CCOCC2)c1. The highest BCUT2D eigenvalue weighted by atomic mass is 35.5. The molecule has 0 aliphatic carbocycles. The van der Waals surface area contributed by atoms with Gasteiger partial charge in [-0.3, -0.25) is 4.79 Å². The van der Waals surface area contributed by atoms with Crippen LogP contribution in [0.5, 0.6) is 0 Å². The molecule has 11 heteroatoms. The van der Waals surface area contributed by atoms with E-state index >= 15 is 0 Å². The van der Waals surface area contributed by atoms with Gasteiger partial charge in [-0.2, -0.15) is 13.1 Å². The summed E-state index contributed by atoms with van der Waals surface area (Å²) in [6.07, 6.45) is 0. The molecule has 6 nitrogen and oxygen atoms in total. The van der Waals surface area contributed by atoms with Gasteiger partial charge >= 0.3 is 0 Å². The van der Waals surface area contributed by atoms with Crippen LogP contribution in [0.4, 0.5) is 14.5 Å². The van der Waals surface area contributed by atoms with Crippen molar-refractivity contribution in [1.29, 1.82) is 0 Å². The summed E-state index contributed by atoms with van der Waals surface area (Å²) in [5, 5.41) is 2.53. The number of halogens is 3. The first-order chi connectivity index (χ1) is 13.8. The second-order valence-corrected chi connectivity index (χ2v) is 9.34. The van der Waals surface area contributed by atoms with E-state index in [1.807, 2.05) is 0 Å². The number of anilines is 1. The molecule has 1 aliphatic rings. The number of carbonyl (C=O) groups is 1. The van der Waals surface area contributed by atoms with Crippen molar-refractivity contribution in [3.8, 4) is 0 Å². The van der Waals surface area contributed by atoms with Crippen molar-refractivity contribution in [1.82, 2.24) is 4.31 Å². The van der Waals surface area contributed by atoms with Crippen molar-refractivity contribution in [3.05, 3.63) is 53.1 Å². The Morgan fingerprint density at radius 3 is 2.55 bits per heavy atom. The van der Waals surface area contributed by atoms with E-state index in [1.165, 1.54) is 34.6 Å². The Morgan fingerprint density at radius 1 is 1.17 bits per heavy atom. The van der Waals surface area contributed by atoms with E-state index in [0.717, 1.165) is 0 Å². The van der Waals surface area contributed by atoms with Crippen LogP contribution in [0.2, 0.25) is 5.02 Å². The Balaban J connectivity index is 1.87. The fourth-order valence-corrected chi connectivity index (χ4v) is 5.23. The molecule has 0 spiro atoms. The van der Waals surface area contributed by atoms with Crippen LogP contribution in [0.1, 0.15) is 10.4 Å². The molecule has 1 N–H and O–H groups in total. The maximum absolute atomic E-state index is 12.9. The van der Waals surface area contributed by atoms with Gasteiger partial charge in [0.15, 0.2) is 0 Å². The summed E-state index contributed by atoms with van der Waals surface area (Å²) >= 11 is 6.40. The van der Waals surface area contributed by atoms with Crippen LogP contribution in [-0.2, 0) is 14.8 Å². The first-order valence-corrected chi connectivity index (χ1v) is 11.2. The molecule has 0 atom stereocenters. The van der Waals surface area contributed by atoms with E-state index < -0.39 is 21.7 Å². The summed E-state index contributed by atoms with van der Waals surface area (Å²) in [5.74, 6) is -3.28. The molecule has 0 aromatic heterocycles. The normalized spacial score (nSPS) is 15.4. The third-order valence-corrected chi connectivity index (χ3v) is 7.30. The number of morpholine rings is 1. The lowest BCUT2D eigenvalue weighted by atomic mass is 10.2. The fourth-order valence-electron chi connectivity index (χ4n) is 2.73. The summed E-state index contributed by atoms with van der Waals surface area (Å²) in [5.41, 5.74) is 0.244. The topological polar surface area (TPSA) is 75.7 Å². The first kappa shape index (κ1) is 22.0. The minimum atomic E-state index is -3.91. The van der Waals surface area contributed by atoms with Crippen LogP contribution in [0.3, 0.4) is 0 Å². The molecule has 0 saturated carbocycles. The quantitative estimate of drug-likeness (QED) is 0.658. The van der Waals surface area contributed by atoms with Crippen LogP contribution < -0.4 is 5.32 Å². The highest BCUT2D eigenvalue weighted by Gasteiger charge is 2.29. The number of benzene rings is 2. The van der Waals surface area contributed by atoms with Gasteiger partial charge in [0.25, 0.3) is 11.7 Å². The van der Waals surface area contributed by atoms with Crippen molar-refractivity contribution in [2.75, 3.05) is 31.6 Å². The van der Waals surface area contributed by atoms with E-state index in [0.29, 0.717) is 11.8 Å². The van der Waals surface area contributed by atoms with Gasteiger partial charge in [-0.15, -0.1) is 0 Å². The van der Waals surface area contributed by atoms with Crippen LogP contribution >= 0.6 is 23.4 Å². The summed E-state index contributed by atoms with van der Waals surface area (Å²) in [7, 11) is -3.91. The number of nitrogens with zero attached hydrogens (tertiary/aromatic N) is 1. The number of rotatable bonds is 6. The highest BCUT2D eigenvalue weighted by molar-refractivity contribution is 7.99. The second kappa shape index (κ2) is 9.40.